The van der Waals surface area contributed by atoms with Gasteiger partial charge in [0.1, 0.15) is 5.56 Å². The van der Waals surface area contributed by atoms with E-state index in [1.807, 2.05) is 0 Å². The monoisotopic (exact) mass is 191 g/mol. The van der Waals surface area contributed by atoms with E-state index >= 15 is 0 Å². The molecule has 0 saturated heterocycles. The average molecular weight is 191 g/mol. The highest BCUT2D eigenvalue weighted by Crippen LogP contribution is 2.34. The quantitative estimate of drug-likeness (QED) is 0.716. The Morgan fingerprint density at radius 2 is 2.15 bits per heavy atom. The van der Waals surface area contributed by atoms with Crippen LogP contribution in [0.4, 0.5) is 13.2 Å². The SMILES string of the molecule is CCOc1ncccc1C(F)(F)F. The Balaban J connectivity index is 3.05. The smallest absolute Gasteiger partial charge is 0.421 e. The van der Waals surface area contributed by atoms with Gasteiger partial charge in [0.25, 0.3) is 0 Å². The normalized spacial score (nSPS) is 11.4. The first kappa shape index (κ1) is 9.83. The number of rotatable bonds is 2. The van der Waals surface area contributed by atoms with Crippen LogP contribution in [0, 0.1) is 0 Å². The lowest BCUT2D eigenvalue weighted by Gasteiger charge is -2.10. The third-order valence-corrected chi connectivity index (χ3v) is 1.36. The lowest BCUT2D eigenvalue weighted by Crippen LogP contribution is -2.09. The minimum absolute atomic E-state index is 0.167. The third kappa shape index (κ3) is 2.34. The van der Waals surface area contributed by atoms with Crippen LogP contribution < -0.4 is 4.74 Å². The summed E-state index contributed by atoms with van der Waals surface area (Å²) in [6, 6.07) is 2.17. The van der Waals surface area contributed by atoms with Crippen molar-refractivity contribution < 1.29 is 17.9 Å². The summed E-state index contributed by atoms with van der Waals surface area (Å²) >= 11 is 0. The maximum atomic E-state index is 12.3. The second kappa shape index (κ2) is 3.64. The van der Waals surface area contributed by atoms with Gasteiger partial charge in [-0.1, -0.05) is 0 Å². The summed E-state index contributed by atoms with van der Waals surface area (Å²) in [4.78, 5) is 3.49. The average Bonchev–Trinajstić information content (AvgIpc) is 2.04. The zero-order valence-corrected chi connectivity index (χ0v) is 6.93. The van der Waals surface area contributed by atoms with Gasteiger partial charge in [0.05, 0.1) is 6.61 Å². The van der Waals surface area contributed by atoms with Crippen molar-refractivity contribution in [1.82, 2.24) is 4.98 Å². The molecule has 0 fully saturated rings. The predicted octanol–water partition coefficient (Wildman–Crippen LogP) is 2.50. The molecule has 0 aliphatic rings. The van der Waals surface area contributed by atoms with E-state index in [9.17, 15) is 13.2 Å². The summed E-state index contributed by atoms with van der Waals surface area (Å²) in [5, 5.41) is 0. The molecular formula is C8H8F3NO. The largest absolute Gasteiger partial charge is 0.478 e. The van der Waals surface area contributed by atoms with Gasteiger partial charge in [0.2, 0.25) is 5.88 Å². The van der Waals surface area contributed by atoms with Gasteiger partial charge in [-0.15, -0.1) is 0 Å². The van der Waals surface area contributed by atoms with E-state index in [2.05, 4.69) is 4.98 Å². The van der Waals surface area contributed by atoms with Gasteiger partial charge < -0.3 is 4.74 Å². The molecule has 1 rings (SSSR count). The van der Waals surface area contributed by atoms with E-state index < -0.39 is 11.7 Å². The van der Waals surface area contributed by atoms with Crippen molar-refractivity contribution in [3.05, 3.63) is 23.9 Å². The molecule has 0 spiro atoms. The molecule has 0 aliphatic carbocycles. The van der Waals surface area contributed by atoms with Crippen LogP contribution in [0.15, 0.2) is 18.3 Å². The third-order valence-electron chi connectivity index (χ3n) is 1.36. The fourth-order valence-corrected chi connectivity index (χ4v) is 0.858. The highest BCUT2D eigenvalue weighted by molar-refractivity contribution is 5.28. The van der Waals surface area contributed by atoms with Gasteiger partial charge in [-0.2, -0.15) is 13.2 Å². The zero-order chi connectivity index (χ0) is 9.90. The molecule has 0 atom stereocenters. The standard InChI is InChI=1S/C8H8F3NO/c1-2-13-7-6(8(9,10)11)4-3-5-12-7/h3-5H,2H2,1H3. The molecule has 0 N–H and O–H groups in total. The van der Waals surface area contributed by atoms with Gasteiger partial charge in [0.15, 0.2) is 0 Å². The maximum Gasteiger partial charge on any atom is 0.421 e. The molecule has 0 saturated carbocycles. The van der Waals surface area contributed by atoms with Crippen LogP contribution in [-0.4, -0.2) is 11.6 Å². The van der Waals surface area contributed by atoms with Crippen LogP contribution in [0.3, 0.4) is 0 Å². The molecule has 0 amide bonds. The molecule has 0 radical (unpaired) electrons. The van der Waals surface area contributed by atoms with Crippen LogP contribution in [-0.2, 0) is 6.18 Å². The van der Waals surface area contributed by atoms with Crippen LogP contribution in [0.25, 0.3) is 0 Å². The molecule has 0 bridgehead atoms. The van der Waals surface area contributed by atoms with Crippen molar-refractivity contribution in [3.8, 4) is 5.88 Å². The first-order valence-electron chi connectivity index (χ1n) is 3.70. The van der Waals surface area contributed by atoms with E-state index in [1.165, 1.54) is 12.3 Å². The predicted molar refractivity (Wildman–Crippen MR) is 40.4 cm³/mol. The Kier molecular flexibility index (Phi) is 2.75. The Labute approximate surface area is 73.4 Å². The number of pyridine rings is 1. The molecule has 0 unspecified atom stereocenters. The fourth-order valence-electron chi connectivity index (χ4n) is 0.858. The van der Waals surface area contributed by atoms with Crippen LogP contribution in [0.1, 0.15) is 12.5 Å². The molecular weight excluding hydrogens is 183 g/mol. The number of halogens is 3. The molecule has 1 heterocycles. The Morgan fingerprint density at radius 3 is 2.69 bits per heavy atom. The van der Waals surface area contributed by atoms with E-state index in [-0.39, 0.29) is 12.5 Å². The molecule has 0 aromatic carbocycles. The lowest BCUT2D eigenvalue weighted by molar-refractivity contribution is -0.139. The van der Waals surface area contributed by atoms with E-state index in [0.717, 1.165) is 6.07 Å². The lowest BCUT2D eigenvalue weighted by atomic mass is 10.2. The highest BCUT2D eigenvalue weighted by Gasteiger charge is 2.34. The second-order valence-corrected chi connectivity index (χ2v) is 2.29. The van der Waals surface area contributed by atoms with Crippen LogP contribution in [0.2, 0.25) is 0 Å². The number of aromatic nitrogens is 1. The number of nitrogens with zero attached hydrogens (tertiary/aromatic N) is 1. The van der Waals surface area contributed by atoms with Gasteiger partial charge in [-0.25, -0.2) is 4.98 Å². The Hall–Kier alpha value is -1.26. The number of hydrogen-bond donors (Lipinski definition) is 0. The van der Waals surface area contributed by atoms with Gasteiger partial charge in [-0.05, 0) is 19.1 Å². The summed E-state index contributed by atoms with van der Waals surface area (Å²) in [6.07, 6.45) is -3.14. The number of ether oxygens (including phenoxy) is 1. The van der Waals surface area contributed by atoms with Crippen molar-refractivity contribution in [2.24, 2.45) is 0 Å². The first-order valence-corrected chi connectivity index (χ1v) is 3.70. The topological polar surface area (TPSA) is 22.1 Å². The van der Waals surface area contributed by atoms with Crippen molar-refractivity contribution in [2.45, 2.75) is 13.1 Å². The van der Waals surface area contributed by atoms with Gasteiger partial charge >= 0.3 is 6.18 Å². The molecule has 5 heteroatoms. The number of alkyl halides is 3. The minimum atomic E-state index is -4.40. The minimum Gasteiger partial charge on any atom is -0.478 e. The van der Waals surface area contributed by atoms with E-state index in [0.29, 0.717) is 0 Å². The van der Waals surface area contributed by atoms with Gasteiger partial charge in [-0.3, -0.25) is 0 Å². The zero-order valence-electron chi connectivity index (χ0n) is 6.93. The van der Waals surface area contributed by atoms with Crippen molar-refractivity contribution in [2.75, 3.05) is 6.61 Å². The first-order chi connectivity index (χ1) is 6.05. The molecule has 1 aromatic heterocycles. The maximum absolute atomic E-state index is 12.3. The molecule has 2 nitrogen and oxygen atoms in total. The van der Waals surface area contributed by atoms with Crippen molar-refractivity contribution in [3.63, 3.8) is 0 Å². The van der Waals surface area contributed by atoms with Crippen molar-refractivity contribution in [1.29, 1.82) is 0 Å². The van der Waals surface area contributed by atoms with Crippen LogP contribution in [0.5, 0.6) is 5.88 Å². The number of hydrogen-bond acceptors (Lipinski definition) is 2. The van der Waals surface area contributed by atoms with Crippen LogP contribution >= 0.6 is 0 Å². The highest BCUT2D eigenvalue weighted by atomic mass is 19.4. The summed E-state index contributed by atoms with van der Waals surface area (Å²) in [5.74, 6) is -0.363. The summed E-state index contributed by atoms with van der Waals surface area (Å²) in [5.41, 5.74) is -0.836. The molecule has 13 heavy (non-hydrogen) atoms. The molecule has 72 valence electrons. The Bertz CT molecular complexity index is 285. The summed E-state index contributed by atoms with van der Waals surface area (Å²) in [7, 11) is 0. The van der Waals surface area contributed by atoms with Crippen molar-refractivity contribution >= 4 is 0 Å². The second-order valence-electron chi connectivity index (χ2n) is 2.29. The molecule has 0 aliphatic heterocycles. The summed E-state index contributed by atoms with van der Waals surface area (Å²) < 4.78 is 41.5. The van der Waals surface area contributed by atoms with E-state index in [4.69, 9.17) is 4.74 Å². The molecule has 1 aromatic rings. The summed E-state index contributed by atoms with van der Waals surface area (Å²) in [6.45, 7) is 1.77. The fraction of sp³-hybridized carbons (Fsp3) is 0.375. The van der Waals surface area contributed by atoms with Gasteiger partial charge in [0, 0.05) is 6.20 Å². The van der Waals surface area contributed by atoms with E-state index in [1.54, 1.807) is 6.92 Å². The Morgan fingerprint density at radius 1 is 1.46 bits per heavy atom.